The summed E-state index contributed by atoms with van der Waals surface area (Å²) < 4.78 is 2.37. The van der Waals surface area contributed by atoms with Crippen LogP contribution in [0.1, 0.15) is 35.6 Å². The van der Waals surface area contributed by atoms with Crippen LogP contribution >= 0.6 is 0 Å². The Bertz CT molecular complexity index is 3190. The molecule has 0 bridgehead atoms. The summed E-state index contributed by atoms with van der Waals surface area (Å²) in [5.74, 6) is 1.03. The average Bonchev–Trinajstić information content (AvgIpc) is 3.87. The summed E-state index contributed by atoms with van der Waals surface area (Å²) in [5, 5.41) is 7.77. The summed E-state index contributed by atoms with van der Waals surface area (Å²) in [5.41, 5.74) is 16.2. The first-order valence-electron chi connectivity index (χ1n) is 19.5. The van der Waals surface area contributed by atoms with Gasteiger partial charge in [-0.25, -0.2) is 4.98 Å². The second-order valence-corrected chi connectivity index (χ2v) is 15.3. The number of para-hydroxylation sites is 2. The topological polar surface area (TPSA) is 17.8 Å². The maximum absolute atomic E-state index is 5.13. The largest absolute Gasteiger partial charge is 0.324 e. The number of hydrogen-bond donors (Lipinski definition) is 0. The molecular weight excluding hydrogens is 665 g/mol. The zero-order chi connectivity index (χ0) is 36.3. The lowest BCUT2D eigenvalue weighted by atomic mass is 9.69. The van der Waals surface area contributed by atoms with Gasteiger partial charge in [0.15, 0.2) is 0 Å². The summed E-state index contributed by atoms with van der Waals surface area (Å²) >= 11 is 0. The third-order valence-corrected chi connectivity index (χ3v) is 12.5. The van der Waals surface area contributed by atoms with Crippen molar-refractivity contribution in [3.8, 4) is 44.8 Å². The Hall–Kier alpha value is -6.77. The van der Waals surface area contributed by atoms with Crippen molar-refractivity contribution in [2.24, 2.45) is 0 Å². The number of aryl methyl sites for hydroxylation is 1. The molecule has 2 aliphatic rings. The van der Waals surface area contributed by atoms with Gasteiger partial charge in [0.1, 0.15) is 5.82 Å². The number of nitrogens with zero attached hydrogens (tertiary/aromatic N) is 2. The average molecular weight is 701 g/mol. The van der Waals surface area contributed by atoms with E-state index in [2.05, 4.69) is 187 Å². The van der Waals surface area contributed by atoms with Crippen molar-refractivity contribution >= 4 is 43.4 Å². The van der Waals surface area contributed by atoms with Gasteiger partial charge < -0.3 is 4.57 Å². The van der Waals surface area contributed by atoms with Crippen LogP contribution in [0.15, 0.2) is 176 Å². The van der Waals surface area contributed by atoms with Crippen LogP contribution in [0.5, 0.6) is 0 Å². The van der Waals surface area contributed by atoms with Crippen molar-refractivity contribution in [1.82, 2.24) is 9.55 Å². The molecule has 0 aliphatic heterocycles. The zero-order valence-corrected chi connectivity index (χ0v) is 30.6. The molecule has 2 heteroatoms. The maximum atomic E-state index is 5.13. The Balaban J connectivity index is 1.13. The molecule has 0 atom stereocenters. The first kappa shape index (κ1) is 30.7. The molecular formula is C53H36N2. The van der Waals surface area contributed by atoms with Crippen LogP contribution in [-0.4, -0.2) is 9.55 Å². The summed E-state index contributed by atoms with van der Waals surface area (Å²) in [6.45, 7) is 3.17. The molecule has 0 unspecified atom stereocenters. The van der Waals surface area contributed by atoms with Gasteiger partial charge in [-0.15, -0.1) is 0 Å². The number of fused-ring (bicyclic) bond motifs is 17. The van der Waals surface area contributed by atoms with E-state index in [4.69, 9.17) is 4.98 Å². The minimum absolute atomic E-state index is 0.454. The second-order valence-electron chi connectivity index (χ2n) is 15.3. The molecule has 1 aromatic heterocycles. The summed E-state index contributed by atoms with van der Waals surface area (Å²) in [7, 11) is 0. The van der Waals surface area contributed by atoms with E-state index in [1.807, 2.05) is 0 Å². The standard InChI is InChI=1S/C53H36N2/c1-2-28-55-49-25-12-11-24-48(49)54-52(55)36-15-13-14-33(29-36)34-26-27-35-31-44-47(32-37(35)30-34)53(45-22-9-7-18-40(45)41-19-8-10-23-46(41)53)51-43-21-6-4-17-39(43)38-16-3-5-20-42(38)50(44)51/h3-27,29-32H,2,28H2,1H3. The van der Waals surface area contributed by atoms with Gasteiger partial charge in [0.25, 0.3) is 0 Å². The fourth-order valence-corrected chi connectivity index (χ4v) is 10.3. The van der Waals surface area contributed by atoms with E-state index < -0.39 is 5.41 Å². The first-order chi connectivity index (χ1) is 27.2. The van der Waals surface area contributed by atoms with Crippen LogP contribution in [0, 0.1) is 0 Å². The molecule has 0 radical (unpaired) electrons. The van der Waals surface area contributed by atoms with Gasteiger partial charge >= 0.3 is 0 Å². The Morgan fingerprint density at radius 2 is 1.11 bits per heavy atom. The van der Waals surface area contributed by atoms with Crippen LogP contribution in [0.4, 0.5) is 0 Å². The molecule has 0 saturated heterocycles. The second kappa shape index (κ2) is 11.4. The van der Waals surface area contributed by atoms with Gasteiger partial charge in [0, 0.05) is 12.1 Å². The molecule has 0 N–H and O–H groups in total. The molecule has 258 valence electrons. The van der Waals surface area contributed by atoms with Crippen LogP contribution < -0.4 is 0 Å². The Morgan fingerprint density at radius 3 is 1.89 bits per heavy atom. The minimum atomic E-state index is -0.454. The predicted molar refractivity (Wildman–Crippen MR) is 230 cm³/mol. The van der Waals surface area contributed by atoms with Gasteiger partial charge in [-0.2, -0.15) is 0 Å². The van der Waals surface area contributed by atoms with Crippen molar-refractivity contribution in [1.29, 1.82) is 0 Å². The van der Waals surface area contributed by atoms with E-state index in [9.17, 15) is 0 Å². The zero-order valence-electron chi connectivity index (χ0n) is 30.6. The van der Waals surface area contributed by atoms with E-state index in [0.717, 1.165) is 29.9 Å². The maximum Gasteiger partial charge on any atom is 0.141 e. The first-order valence-corrected chi connectivity index (χ1v) is 19.5. The molecule has 9 aromatic carbocycles. The molecule has 1 heterocycles. The van der Waals surface area contributed by atoms with Crippen molar-refractivity contribution < 1.29 is 0 Å². The lowest BCUT2D eigenvalue weighted by Gasteiger charge is -2.32. The van der Waals surface area contributed by atoms with Crippen LogP contribution in [0.25, 0.3) is 88.1 Å². The van der Waals surface area contributed by atoms with Crippen molar-refractivity contribution in [2.75, 3.05) is 0 Å². The molecule has 0 saturated carbocycles. The van der Waals surface area contributed by atoms with Gasteiger partial charge in [0.05, 0.1) is 16.4 Å². The van der Waals surface area contributed by atoms with E-state index >= 15 is 0 Å². The highest BCUT2D eigenvalue weighted by atomic mass is 15.1. The molecule has 0 amide bonds. The molecule has 2 nitrogen and oxygen atoms in total. The van der Waals surface area contributed by atoms with Gasteiger partial charge in [-0.05, 0) is 131 Å². The number of aromatic nitrogens is 2. The molecule has 0 fully saturated rings. The van der Waals surface area contributed by atoms with Crippen molar-refractivity contribution in [3.63, 3.8) is 0 Å². The number of benzene rings is 9. The van der Waals surface area contributed by atoms with Gasteiger partial charge in [0.2, 0.25) is 0 Å². The van der Waals surface area contributed by atoms with E-state index in [-0.39, 0.29) is 0 Å². The third kappa shape index (κ3) is 4.06. The highest BCUT2D eigenvalue weighted by Gasteiger charge is 2.53. The van der Waals surface area contributed by atoms with E-state index in [0.29, 0.717) is 0 Å². The van der Waals surface area contributed by atoms with E-state index in [1.54, 1.807) is 0 Å². The van der Waals surface area contributed by atoms with E-state index in [1.165, 1.54) is 93.5 Å². The fourth-order valence-electron chi connectivity index (χ4n) is 10.3. The van der Waals surface area contributed by atoms with Gasteiger partial charge in [-0.1, -0.05) is 146 Å². The molecule has 2 aliphatic carbocycles. The highest BCUT2D eigenvalue weighted by Crippen LogP contribution is 2.65. The highest BCUT2D eigenvalue weighted by molar-refractivity contribution is 6.20. The van der Waals surface area contributed by atoms with Crippen LogP contribution in [0.2, 0.25) is 0 Å². The van der Waals surface area contributed by atoms with Crippen molar-refractivity contribution in [3.05, 3.63) is 198 Å². The summed E-state index contributed by atoms with van der Waals surface area (Å²) in [6.07, 6.45) is 1.05. The SMILES string of the molecule is CCCn1c(-c2cccc(-c3ccc4cc5c(cc4c3)C3(c4ccccc4-c4ccccc43)c3c-5c4ccccc4c4ccccc34)c2)nc2ccccc21. The summed E-state index contributed by atoms with van der Waals surface area (Å²) in [6, 6.07) is 65.9. The van der Waals surface area contributed by atoms with Crippen LogP contribution in [0.3, 0.4) is 0 Å². The quantitative estimate of drug-likeness (QED) is 0.167. The molecule has 55 heavy (non-hydrogen) atoms. The summed E-state index contributed by atoms with van der Waals surface area (Å²) in [4.78, 5) is 5.13. The fraction of sp³-hybridized carbons (Fsp3) is 0.0755. The smallest absolute Gasteiger partial charge is 0.141 e. The number of rotatable bonds is 4. The Kier molecular flexibility index (Phi) is 6.34. The number of hydrogen-bond acceptors (Lipinski definition) is 1. The Labute approximate surface area is 320 Å². The molecule has 1 spiro atoms. The lowest BCUT2D eigenvalue weighted by molar-refractivity contribution is 0.704. The van der Waals surface area contributed by atoms with Crippen LogP contribution in [-0.2, 0) is 12.0 Å². The lowest BCUT2D eigenvalue weighted by Crippen LogP contribution is -2.26. The van der Waals surface area contributed by atoms with Crippen molar-refractivity contribution in [2.45, 2.75) is 25.3 Å². The minimum Gasteiger partial charge on any atom is -0.324 e. The monoisotopic (exact) mass is 700 g/mol. The third-order valence-electron chi connectivity index (χ3n) is 12.5. The predicted octanol–water partition coefficient (Wildman–Crippen LogP) is 13.6. The van der Waals surface area contributed by atoms with Gasteiger partial charge in [-0.3, -0.25) is 0 Å². The normalized spacial score (nSPS) is 13.5. The Morgan fingerprint density at radius 1 is 0.473 bits per heavy atom. The molecule has 12 rings (SSSR count). The number of imidazole rings is 1. The molecule has 10 aromatic rings.